The number of Topliss-reactive ketones (excluding diaryl/α,β-unsaturated/α-hetero) is 1. The van der Waals surface area contributed by atoms with Gasteiger partial charge in [0.2, 0.25) is 5.91 Å². The molecule has 1 heterocycles. The predicted octanol–water partition coefficient (Wildman–Crippen LogP) is 5.15. The maximum Gasteiger partial charge on any atom is 0.224 e. The van der Waals surface area contributed by atoms with Gasteiger partial charge in [0, 0.05) is 30.4 Å². The summed E-state index contributed by atoms with van der Waals surface area (Å²) in [5, 5.41) is 3.00. The average Bonchev–Trinajstić information content (AvgIpc) is 2.67. The third kappa shape index (κ3) is 3.91. The highest BCUT2D eigenvalue weighted by atomic mass is 16.2. The van der Waals surface area contributed by atoms with Crippen molar-refractivity contribution < 1.29 is 9.59 Å². The van der Waals surface area contributed by atoms with E-state index in [9.17, 15) is 9.59 Å². The second-order valence-electron chi connectivity index (χ2n) is 9.52. The van der Waals surface area contributed by atoms with Gasteiger partial charge in [-0.25, -0.2) is 0 Å². The van der Waals surface area contributed by atoms with Crippen LogP contribution in [-0.4, -0.2) is 11.7 Å². The van der Waals surface area contributed by atoms with Gasteiger partial charge in [-0.15, -0.1) is 0 Å². The number of rotatable bonds is 2. The van der Waals surface area contributed by atoms with Gasteiger partial charge in [0.05, 0.1) is 5.92 Å². The van der Waals surface area contributed by atoms with Crippen LogP contribution in [0.15, 0.2) is 60.3 Å². The number of benzene rings is 2. The van der Waals surface area contributed by atoms with Crippen molar-refractivity contribution in [2.45, 2.75) is 57.8 Å². The highest BCUT2D eigenvalue weighted by Crippen LogP contribution is 2.42. The van der Waals surface area contributed by atoms with Crippen LogP contribution in [0.1, 0.15) is 67.7 Å². The van der Waals surface area contributed by atoms with Crippen molar-refractivity contribution in [3.8, 4) is 0 Å². The van der Waals surface area contributed by atoms with Crippen molar-refractivity contribution in [3.05, 3.63) is 82.6 Å². The van der Waals surface area contributed by atoms with Crippen LogP contribution in [0.5, 0.6) is 0 Å². The Morgan fingerprint density at radius 3 is 2.10 bits per heavy atom. The first-order chi connectivity index (χ1) is 13.7. The standard InChI is InChI=1S/C26H29NO2/c1-16-5-7-18(8-6-16)21-15-24(29)27-22-13-19(14-23(28)25(21)22)17-9-11-20(12-10-17)26(2,3)4/h5-13,19,21,25H,14-15H2,1-4H3,(H,27,29)/t19-,21+,25-/m0/s1. The van der Waals surface area contributed by atoms with Crippen molar-refractivity contribution in [2.24, 2.45) is 5.92 Å². The molecule has 0 saturated carbocycles. The number of fused-ring (bicyclic) bond motifs is 1. The van der Waals surface area contributed by atoms with Gasteiger partial charge in [0.1, 0.15) is 5.78 Å². The first kappa shape index (κ1) is 19.6. The molecule has 0 bridgehead atoms. The number of carbonyl (C=O) groups excluding carboxylic acids is 2. The molecule has 1 N–H and O–H groups in total. The molecule has 3 heteroatoms. The third-order valence-corrected chi connectivity index (χ3v) is 6.29. The Morgan fingerprint density at radius 2 is 1.48 bits per heavy atom. The Bertz CT molecular complexity index is 961. The van der Waals surface area contributed by atoms with E-state index in [0.717, 1.165) is 16.8 Å². The number of amides is 1. The fraction of sp³-hybridized carbons (Fsp3) is 0.385. The number of carbonyl (C=O) groups is 2. The first-order valence-corrected chi connectivity index (χ1v) is 10.4. The zero-order valence-electron chi connectivity index (χ0n) is 17.7. The van der Waals surface area contributed by atoms with Crippen molar-refractivity contribution in [1.82, 2.24) is 5.32 Å². The van der Waals surface area contributed by atoms with Gasteiger partial charge in [-0.1, -0.05) is 80.9 Å². The highest BCUT2D eigenvalue weighted by molar-refractivity contribution is 5.92. The molecule has 0 radical (unpaired) electrons. The lowest BCUT2D eigenvalue weighted by molar-refractivity contribution is -0.127. The molecule has 1 amide bonds. The number of nitrogens with one attached hydrogen (secondary N) is 1. The predicted molar refractivity (Wildman–Crippen MR) is 116 cm³/mol. The molecule has 0 aromatic heterocycles. The van der Waals surface area contributed by atoms with E-state index in [-0.39, 0.29) is 34.9 Å². The summed E-state index contributed by atoms with van der Waals surface area (Å²) in [6.45, 7) is 8.63. The van der Waals surface area contributed by atoms with Gasteiger partial charge in [-0.05, 0) is 29.0 Å². The fourth-order valence-electron chi connectivity index (χ4n) is 4.55. The number of hydrogen-bond acceptors (Lipinski definition) is 2. The van der Waals surface area contributed by atoms with Gasteiger partial charge in [-0.3, -0.25) is 9.59 Å². The molecule has 3 nitrogen and oxygen atoms in total. The minimum atomic E-state index is -0.250. The SMILES string of the molecule is Cc1ccc([C@H]2CC(=O)NC3=C[C@H](c4ccc(C(C)(C)C)cc4)CC(=O)[C@H]32)cc1. The number of allylic oxidation sites excluding steroid dienone is 2. The summed E-state index contributed by atoms with van der Waals surface area (Å²) < 4.78 is 0. The lowest BCUT2D eigenvalue weighted by Gasteiger charge is -2.37. The molecule has 3 atom stereocenters. The number of hydrogen-bond donors (Lipinski definition) is 1. The van der Waals surface area contributed by atoms with Crippen LogP contribution in [0.25, 0.3) is 0 Å². The molecular formula is C26H29NO2. The van der Waals surface area contributed by atoms with Crippen LogP contribution < -0.4 is 5.32 Å². The summed E-state index contributed by atoms with van der Waals surface area (Å²) in [5.74, 6) is -0.0970. The van der Waals surface area contributed by atoms with Crippen LogP contribution in [0.2, 0.25) is 0 Å². The zero-order chi connectivity index (χ0) is 20.8. The van der Waals surface area contributed by atoms with E-state index in [0.29, 0.717) is 12.8 Å². The van der Waals surface area contributed by atoms with Gasteiger partial charge < -0.3 is 5.32 Å². The fourth-order valence-corrected chi connectivity index (χ4v) is 4.55. The summed E-state index contributed by atoms with van der Waals surface area (Å²) in [7, 11) is 0. The second kappa shape index (κ2) is 7.29. The van der Waals surface area contributed by atoms with Crippen molar-refractivity contribution in [1.29, 1.82) is 0 Å². The van der Waals surface area contributed by atoms with E-state index in [1.54, 1.807) is 0 Å². The maximum absolute atomic E-state index is 13.2. The van der Waals surface area contributed by atoms with Crippen LogP contribution >= 0.6 is 0 Å². The van der Waals surface area contributed by atoms with E-state index in [2.05, 4.69) is 80.7 Å². The van der Waals surface area contributed by atoms with E-state index in [1.807, 2.05) is 6.92 Å². The van der Waals surface area contributed by atoms with Gasteiger partial charge >= 0.3 is 0 Å². The minimum absolute atomic E-state index is 0.00499. The van der Waals surface area contributed by atoms with Crippen LogP contribution in [-0.2, 0) is 15.0 Å². The van der Waals surface area contributed by atoms with Gasteiger partial charge in [0.25, 0.3) is 0 Å². The molecule has 2 aliphatic rings. The topological polar surface area (TPSA) is 46.2 Å². The lowest BCUT2D eigenvalue weighted by Crippen LogP contribution is -2.43. The highest BCUT2D eigenvalue weighted by Gasteiger charge is 2.42. The number of ketones is 1. The largest absolute Gasteiger partial charge is 0.329 e. The first-order valence-electron chi connectivity index (χ1n) is 10.4. The second-order valence-corrected chi connectivity index (χ2v) is 9.52. The molecule has 4 rings (SSSR count). The van der Waals surface area contributed by atoms with Crippen molar-refractivity contribution in [3.63, 3.8) is 0 Å². The minimum Gasteiger partial charge on any atom is -0.329 e. The Balaban J connectivity index is 1.65. The Kier molecular flexibility index (Phi) is 4.94. The summed E-state index contributed by atoms with van der Waals surface area (Å²) in [4.78, 5) is 25.6. The summed E-state index contributed by atoms with van der Waals surface area (Å²) >= 11 is 0. The zero-order valence-corrected chi connectivity index (χ0v) is 17.7. The molecule has 1 aliphatic carbocycles. The summed E-state index contributed by atoms with van der Waals surface area (Å²) in [6, 6.07) is 16.8. The smallest absolute Gasteiger partial charge is 0.224 e. The van der Waals surface area contributed by atoms with E-state index >= 15 is 0 Å². The van der Waals surface area contributed by atoms with Crippen molar-refractivity contribution in [2.75, 3.05) is 0 Å². The summed E-state index contributed by atoms with van der Waals surface area (Å²) in [6.07, 6.45) is 2.96. The molecule has 1 fully saturated rings. The molecule has 2 aromatic carbocycles. The lowest BCUT2D eigenvalue weighted by atomic mass is 9.70. The number of piperidine rings is 1. The quantitative estimate of drug-likeness (QED) is 0.774. The van der Waals surface area contributed by atoms with Crippen LogP contribution in [0, 0.1) is 12.8 Å². The molecule has 1 aliphatic heterocycles. The van der Waals surface area contributed by atoms with Crippen LogP contribution in [0.4, 0.5) is 0 Å². The molecule has 29 heavy (non-hydrogen) atoms. The van der Waals surface area contributed by atoms with Gasteiger partial charge in [-0.2, -0.15) is 0 Å². The molecule has 2 aromatic rings. The third-order valence-electron chi connectivity index (χ3n) is 6.29. The van der Waals surface area contributed by atoms with E-state index < -0.39 is 0 Å². The molecular weight excluding hydrogens is 358 g/mol. The maximum atomic E-state index is 13.2. The Morgan fingerprint density at radius 1 is 0.862 bits per heavy atom. The Hall–Kier alpha value is -2.68. The van der Waals surface area contributed by atoms with E-state index in [1.165, 1.54) is 11.1 Å². The molecule has 150 valence electrons. The molecule has 0 spiro atoms. The van der Waals surface area contributed by atoms with Crippen LogP contribution in [0.3, 0.4) is 0 Å². The molecule has 0 unspecified atom stereocenters. The Labute approximate surface area is 173 Å². The number of aryl methyl sites for hydroxylation is 1. The monoisotopic (exact) mass is 387 g/mol. The van der Waals surface area contributed by atoms with E-state index in [4.69, 9.17) is 0 Å². The van der Waals surface area contributed by atoms with Crippen molar-refractivity contribution >= 4 is 11.7 Å². The summed E-state index contributed by atoms with van der Waals surface area (Å²) in [5.41, 5.74) is 5.54. The average molecular weight is 388 g/mol. The van der Waals surface area contributed by atoms with Gasteiger partial charge in [0.15, 0.2) is 0 Å². The normalized spacial score (nSPS) is 24.6. The molecule has 1 saturated heterocycles.